The van der Waals surface area contributed by atoms with Crippen LogP contribution in [0.3, 0.4) is 0 Å². The molecule has 0 aliphatic rings. The maximum atomic E-state index is 12.3. The van der Waals surface area contributed by atoms with Gasteiger partial charge in [0.15, 0.2) is 0 Å². The Morgan fingerprint density at radius 1 is 0.935 bits per heavy atom. The van der Waals surface area contributed by atoms with Crippen LogP contribution in [0.5, 0.6) is 0 Å². The van der Waals surface area contributed by atoms with Gasteiger partial charge >= 0.3 is 0 Å². The predicted octanol–water partition coefficient (Wildman–Crippen LogP) is 4.37. The van der Waals surface area contributed by atoms with E-state index in [0.29, 0.717) is 19.5 Å². The van der Waals surface area contributed by atoms with E-state index in [1.54, 1.807) is 12.3 Å². The van der Waals surface area contributed by atoms with Gasteiger partial charge in [0.1, 0.15) is 0 Å². The third kappa shape index (κ3) is 5.76. The molecule has 0 unspecified atom stereocenters. The molecule has 0 bridgehead atoms. The Bertz CT molecular complexity index is 1140. The van der Waals surface area contributed by atoms with Crippen LogP contribution in [-0.2, 0) is 17.8 Å². The number of amides is 1. The van der Waals surface area contributed by atoms with Crippen molar-refractivity contribution in [3.8, 4) is 11.3 Å². The highest BCUT2D eigenvalue weighted by atomic mass is 16.1. The van der Waals surface area contributed by atoms with Crippen LogP contribution in [-0.4, -0.2) is 27.2 Å². The van der Waals surface area contributed by atoms with Crippen molar-refractivity contribution >= 4 is 12.0 Å². The maximum Gasteiger partial charge on any atom is 0.244 e. The Labute approximate surface area is 182 Å². The summed E-state index contributed by atoms with van der Waals surface area (Å²) in [6.07, 6.45) is 7.83. The van der Waals surface area contributed by atoms with Crippen LogP contribution in [0.4, 0.5) is 0 Å². The summed E-state index contributed by atoms with van der Waals surface area (Å²) >= 11 is 0. The Balaban J connectivity index is 1.47. The van der Waals surface area contributed by atoms with Crippen molar-refractivity contribution < 1.29 is 4.79 Å². The van der Waals surface area contributed by atoms with Gasteiger partial charge in [0.05, 0.1) is 12.2 Å². The van der Waals surface area contributed by atoms with Gasteiger partial charge in [-0.1, -0.05) is 66.7 Å². The molecule has 1 N–H and O–H groups in total. The molecular weight excluding hydrogens is 384 g/mol. The highest BCUT2D eigenvalue weighted by Gasteiger charge is 2.10. The minimum Gasteiger partial charge on any atom is -0.352 e. The molecule has 2 heterocycles. The molecule has 31 heavy (non-hydrogen) atoms. The molecule has 0 radical (unpaired) electrons. The minimum absolute atomic E-state index is 0.134. The zero-order valence-corrected chi connectivity index (χ0v) is 17.2. The highest BCUT2D eigenvalue weighted by molar-refractivity contribution is 5.92. The Kier molecular flexibility index (Phi) is 6.65. The van der Waals surface area contributed by atoms with Gasteiger partial charge in [-0.2, -0.15) is 5.10 Å². The van der Waals surface area contributed by atoms with Crippen LogP contribution in [0, 0.1) is 0 Å². The van der Waals surface area contributed by atoms with E-state index >= 15 is 0 Å². The number of hydrogen-bond donors (Lipinski definition) is 1. The van der Waals surface area contributed by atoms with Crippen LogP contribution < -0.4 is 5.32 Å². The van der Waals surface area contributed by atoms with E-state index in [1.165, 1.54) is 5.56 Å². The fourth-order valence-corrected chi connectivity index (χ4v) is 3.31. The number of nitrogens with zero attached hydrogens (tertiary/aromatic N) is 3. The van der Waals surface area contributed by atoms with Gasteiger partial charge in [0, 0.05) is 48.3 Å². The topological polar surface area (TPSA) is 59.8 Å². The fourth-order valence-electron chi connectivity index (χ4n) is 3.31. The van der Waals surface area contributed by atoms with E-state index in [4.69, 9.17) is 5.10 Å². The first-order chi connectivity index (χ1) is 15.3. The summed E-state index contributed by atoms with van der Waals surface area (Å²) in [5.74, 6) is -0.134. The summed E-state index contributed by atoms with van der Waals surface area (Å²) in [4.78, 5) is 16.6. The molecule has 0 saturated carbocycles. The second-order valence-corrected chi connectivity index (χ2v) is 7.18. The van der Waals surface area contributed by atoms with E-state index in [-0.39, 0.29) is 5.91 Å². The van der Waals surface area contributed by atoms with E-state index < -0.39 is 0 Å². The van der Waals surface area contributed by atoms with Gasteiger partial charge in [-0.15, -0.1) is 0 Å². The van der Waals surface area contributed by atoms with Gasteiger partial charge in [0.2, 0.25) is 5.91 Å². The highest BCUT2D eigenvalue weighted by Crippen LogP contribution is 2.23. The van der Waals surface area contributed by atoms with E-state index in [2.05, 4.69) is 22.4 Å². The molecule has 0 atom stereocenters. The van der Waals surface area contributed by atoms with Crippen LogP contribution in [0.2, 0.25) is 0 Å². The smallest absolute Gasteiger partial charge is 0.244 e. The third-order valence-corrected chi connectivity index (χ3v) is 4.85. The molecule has 0 aliphatic heterocycles. The normalized spacial score (nSPS) is 11.0. The molecular formula is C26H24N4O. The Morgan fingerprint density at radius 2 is 1.68 bits per heavy atom. The zero-order valence-electron chi connectivity index (χ0n) is 17.2. The largest absolute Gasteiger partial charge is 0.352 e. The first-order valence-corrected chi connectivity index (χ1v) is 10.3. The average molecular weight is 409 g/mol. The lowest BCUT2D eigenvalue weighted by molar-refractivity contribution is -0.116. The molecule has 4 rings (SSSR count). The lowest BCUT2D eigenvalue weighted by Gasteiger charge is -2.02. The van der Waals surface area contributed by atoms with Gasteiger partial charge in [0.25, 0.3) is 0 Å². The van der Waals surface area contributed by atoms with Crippen molar-refractivity contribution in [1.82, 2.24) is 20.1 Å². The Morgan fingerprint density at radius 3 is 2.42 bits per heavy atom. The quantitative estimate of drug-likeness (QED) is 0.441. The second-order valence-electron chi connectivity index (χ2n) is 7.18. The van der Waals surface area contributed by atoms with Gasteiger partial charge in [-0.3, -0.25) is 14.5 Å². The number of aromatic nitrogens is 3. The summed E-state index contributed by atoms with van der Waals surface area (Å²) in [6.45, 7) is 1.21. The van der Waals surface area contributed by atoms with Crippen molar-refractivity contribution in [3.63, 3.8) is 0 Å². The first kappa shape index (κ1) is 20.3. The molecule has 4 aromatic rings. The van der Waals surface area contributed by atoms with Crippen molar-refractivity contribution in [1.29, 1.82) is 0 Å². The molecule has 0 aliphatic carbocycles. The van der Waals surface area contributed by atoms with Crippen LogP contribution in [0.25, 0.3) is 17.3 Å². The van der Waals surface area contributed by atoms with E-state index in [0.717, 1.165) is 22.5 Å². The molecule has 0 saturated heterocycles. The van der Waals surface area contributed by atoms with Crippen molar-refractivity contribution in [2.45, 2.75) is 13.0 Å². The SMILES string of the molecule is O=C(/C=C/c1cn(Cc2ccccc2)nc1-c1ccccc1)NCCc1ccccn1. The first-order valence-electron chi connectivity index (χ1n) is 10.3. The van der Waals surface area contributed by atoms with Crippen molar-refractivity contribution in [3.05, 3.63) is 114 Å². The third-order valence-electron chi connectivity index (χ3n) is 4.85. The number of carbonyl (C=O) groups is 1. The number of carbonyl (C=O) groups excluding carboxylic acids is 1. The lowest BCUT2D eigenvalue weighted by Crippen LogP contribution is -2.23. The number of benzene rings is 2. The minimum atomic E-state index is -0.134. The van der Waals surface area contributed by atoms with Crippen LogP contribution >= 0.6 is 0 Å². The van der Waals surface area contributed by atoms with Gasteiger partial charge < -0.3 is 5.32 Å². The molecule has 2 aromatic carbocycles. The van der Waals surface area contributed by atoms with Crippen molar-refractivity contribution in [2.24, 2.45) is 0 Å². The molecule has 154 valence electrons. The van der Waals surface area contributed by atoms with E-state index in [1.807, 2.05) is 83.7 Å². The molecule has 0 spiro atoms. The Hall–Kier alpha value is -3.99. The van der Waals surface area contributed by atoms with Crippen LogP contribution in [0.1, 0.15) is 16.8 Å². The van der Waals surface area contributed by atoms with Crippen LogP contribution in [0.15, 0.2) is 97.3 Å². The van der Waals surface area contributed by atoms with Gasteiger partial charge in [-0.05, 0) is 23.8 Å². The summed E-state index contributed by atoms with van der Waals surface area (Å²) in [5.41, 5.74) is 4.91. The lowest BCUT2D eigenvalue weighted by atomic mass is 10.1. The molecule has 1 amide bonds. The summed E-state index contributed by atoms with van der Waals surface area (Å²) < 4.78 is 1.91. The number of hydrogen-bond acceptors (Lipinski definition) is 3. The predicted molar refractivity (Wildman–Crippen MR) is 123 cm³/mol. The standard InChI is InChI=1S/C26H24N4O/c31-25(28-18-16-24-13-7-8-17-27-24)15-14-23-20-30(19-21-9-3-1-4-10-21)29-26(23)22-11-5-2-6-12-22/h1-15,17,20H,16,18-19H2,(H,28,31)/b15-14+. The summed E-state index contributed by atoms with van der Waals surface area (Å²) in [5, 5.41) is 7.70. The zero-order chi connectivity index (χ0) is 21.3. The number of rotatable bonds is 8. The maximum absolute atomic E-state index is 12.3. The van der Waals surface area contributed by atoms with Crippen molar-refractivity contribution in [2.75, 3.05) is 6.54 Å². The summed E-state index contributed by atoms with van der Waals surface area (Å²) in [7, 11) is 0. The molecule has 0 fully saturated rings. The fraction of sp³-hybridized carbons (Fsp3) is 0.115. The number of pyridine rings is 1. The van der Waals surface area contributed by atoms with E-state index in [9.17, 15) is 4.79 Å². The summed E-state index contributed by atoms with van der Waals surface area (Å²) in [6, 6.07) is 26.0. The molecule has 5 nitrogen and oxygen atoms in total. The average Bonchev–Trinajstić information content (AvgIpc) is 3.22. The molecule has 5 heteroatoms. The van der Waals surface area contributed by atoms with Gasteiger partial charge in [-0.25, -0.2) is 0 Å². The monoisotopic (exact) mass is 408 g/mol. The number of nitrogens with one attached hydrogen (secondary N) is 1. The molecule has 2 aromatic heterocycles. The second kappa shape index (κ2) is 10.2.